The molecule has 11 heteroatoms. The Bertz CT molecular complexity index is 1210. The average Bonchev–Trinajstić information content (AvgIpc) is 3.02. The highest BCUT2D eigenvalue weighted by Crippen LogP contribution is 2.32. The molecule has 2 aromatic carbocycles. The van der Waals surface area contributed by atoms with Crippen LogP contribution in [0, 0.1) is 11.6 Å². The van der Waals surface area contributed by atoms with Gasteiger partial charge < -0.3 is 14.5 Å². The van der Waals surface area contributed by atoms with Gasteiger partial charge in [0.25, 0.3) is 0 Å². The molecule has 0 radical (unpaired) electrons. The molecule has 0 aliphatic carbocycles. The predicted octanol–water partition coefficient (Wildman–Crippen LogP) is 4.30. The first-order valence-corrected chi connectivity index (χ1v) is 10.5. The number of halogens is 2. The van der Waals surface area contributed by atoms with Crippen LogP contribution in [0.4, 0.5) is 19.3 Å². The molecular weight excluding hydrogens is 432 g/mol. The average molecular weight is 453 g/mol. The third-order valence-corrected chi connectivity index (χ3v) is 4.96. The molecule has 0 unspecified atom stereocenters. The molecule has 0 spiro atoms. The smallest absolute Gasteiger partial charge is 0.422 e. The number of fused-ring (bicyclic) bond motifs is 1. The van der Waals surface area contributed by atoms with Crippen molar-refractivity contribution in [1.29, 1.82) is 0 Å². The van der Waals surface area contributed by atoms with Gasteiger partial charge in [-0.25, -0.2) is 18.3 Å². The molecule has 31 heavy (non-hydrogen) atoms. The number of carbonyl (C=O) groups is 1. The number of amides is 1. The molecule has 0 aliphatic rings. The first kappa shape index (κ1) is 22.3. The van der Waals surface area contributed by atoms with E-state index in [1.165, 1.54) is 19.2 Å². The summed E-state index contributed by atoms with van der Waals surface area (Å²) in [7, 11) is -2.99. The highest BCUT2D eigenvalue weighted by atomic mass is 32.2. The van der Waals surface area contributed by atoms with Gasteiger partial charge in [0.2, 0.25) is 0 Å². The number of rotatable bonds is 5. The molecule has 3 N–H and O–H groups in total. The number of aromatic amines is 1. The van der Waals surface area contributed by atoms with Crippen molar-refractivity contribution in [2.24, 2.45) is 0 Å². The second-order valence-electron chi connectivity index (χ2n) is 7.66. The van der Waals surface area contributed by atoms with Gasteiger partial charge in [0, 0.05) is 28.2 Å². The number of H-pyrrole nitrogens is 1. The maximum atomic E-state index is 13.5. The number of hydrogen-bond acceptors (Lipinski definition) is 5. The number of methoxy groups -OCH3 is 1. The highest BCUT2D eigenvalue weighted by Gasteiger charge is 2.22. The topological polar surface area (TPSA) is 110 Å². The second kappa shape index (κ2) is 8.06. The molecule has 8 nitrogen and oxygen atoms in total. The quantitative estimate of drug-likeness (QED) is 0.534. The maximum Gasteiger partial charge on any atom is 0.422 e. The minimum Gasteiger partial charge on any atom is -0.495 e. The Labute approximate surface area is 177 Å². The van der Waals surface area contributed by atoms with Crippen molar-refractivity contribution in [2.45, 2.75) is 26.4 Å². The van der Waals surface area contributed by atoms with Crippen LogP contribution in [0.3, 0.4) is 0 Å². The van der Waals surface area contributed by atoms with E-state index in [9.17, 15) is 22.0 Å². The monoisotopic (exact) mass is 453 g/mol. The number of benzene rings is 2. The second-order valence-corrected chi connectivity index (χ2v) is 9.08. The van der Waals surface area contributed by atoms with Crippen LogP contribution in [0.15, 0.2) is 36.4 Å². The minimum atomic E-state index is -4.34. The lowest BCUT2D eigenvalue weighted by atomic mass is 10.1. The zero-order chi connectivity index (χ0) is 23.0. The molecule has 0 saturated carbocycles. The molecule has 166 valence electrons. The van der Waals surface area contributed by atoms with Crippen molar-refractivity contribution >= 4 is 32.9 Å². The lowest BCUT2D eigenvalue weighted by molar-refractivity contribution is 0.0570. The summed E-state index contributed by atoms with van der Waals surface area (Å²) in [5.41, 5.74) is 0.521. The lowest BCUT2D eigenvalue weighted by Gasteiger charge is -2.20. The van der Waals surface area contributed by atoms with E-state index >= 15 is 0 Å². The first-order valence-electron chi connectivity index (χ1n) is 9.06. The third kappa shape index (κ3) is 5.43. The van der Waals surface area contributed by atoms with Gasteiger partial charge in [-0.15, -0.1) is 0 Å². The summed E-state index contributed by atoms with van der Waals surface area (Å²) >= 11 is 0. The van der Waals surface area contributed by atoms with Crippen LogP contribution in [0.2, 0.25) is 0 Å². The van der Waals surface area contributed by atoms with Crippen molar-refractivity contribution in [3.63, 3.8) is 0 Å². The molecule has 0 saturated heterocycles. The molecule has 1 aromatic heterocycles. The normalized spacial score (nSPS) is 11.9. The Morgan fingerprint density at radius 2 is 1.74 bits per heavy atom. The summed E-state index contributed by atoms with van der Waals surface area (Å²) < 4.78 is 65.8. The zero-order valence-corrected chi connectivity index (χ0v) is 18.0. The Balaban J connectivity index is 1.91. The highest BCUT2D eigenvalue weighted by molar-refractivity contribution is 7.91. The van der Waals surface area contributed by atoms with Gasteiger partial charge in [-0.2, -0.15) is 8.42 Å². The maximum absolute atomic E-state index is 13.5. The van der Waals surface area contributed by atoms with E-state index < -0.39 is 33.5 Å². The van der Waals surface area contributed by atoms with E-state index in [1.807, 2.05) is 0 Å². The number of ether oxygens (including phenoxy) is 2. The Morgan fingerprint density at radius 3 is 2.39 bits per heavy atom. The van der Waals surface area contributed by atoms with Crippen LogP contribution < -0.4 is 14.2 Å². The summed E-state index contributed by atoms with van der Waals surface area (Å²) in [6.07, 6.45) is -1.14. The molecule has 0 bridgehead atoms. The third-order valence-electron chi connectivity index (χ3n) is 4.03. The number of hydrogen-bond donors (Lipinski definition) is 3. The van der Waals surface area contributed by atoms with E-state index in [0.29, 0.717) is 22.2 Å². The van der Waals surface area contributed by atoms with E-state index in [4.69, 9.17) is 9.47 Å². The number of anilines is 1. The van der Waals surface area contributed by atoms with Crippen molar-refractivity contribution in [1.82, 2.24) is 9.71 Å². The summed E-state index contributed by atoms with van der Waals surface area (Å²) in [5, 5.41) is 0.443. The Morgan fingerprint density at radius 1 is 1.06 bits per heavy atom. The minimum absolute atomic E-state index is 0.0343. The Kier molecular flexibility index (Phi) is 5.81. The molecule has 3 aromatic rings. The van der Waals surface area contributed by atoms with Gasteiger partial charge >= 0.3 is 16.3 Å². The lowest BCUT2D eigenvalue weighted by Crippen LogP contribution is -2.39. The number of carbonyl (C=O) groups excluding carboxylic acids is 1. The fourth-order valence-corrected chi connectivity index (χ4v) is 3.58. The summed E-state index contributed by atoms with van der Waals surface area (Å²) in [6, 6.07) is 8.28. The van der Waals surface area contributed by atoms with E-state index in [2.05, 4.69) is 9.71 Å². The first-order chi connectivity index (χ1) is 14.4. The standard InChI is InChI=1S/C20H21F2N3O5S/c1-20(2,3)30-19(26)25-31(27,28)24-17-8-11(5-6-18(17)29-4)15-9-12-7-13(21)14(22)10-16(12)23-15/h5-10,23-24H,1-4H3,(H,25,26). The fraction of sp³-hybridized carbons (Fsp3) is 0.250. The number of aromatic nitrogens is 1. The van der Waals surface area contributed by atoms with Crippen molar-refractivity contribution in [2.75, 3.05) is 11.8 Å². The number of nitrogens with one attached hydrogen (secondary N) is 3. The molecule has 0 fully saturated rings. The summed E-state index contributed by atoms with van der Waals surface area (Å²) in [5.74, 6) is -1.78. The summed E-state index contributed by atoms with van der Waals surface area (Å²) in [6.45, 7) is 4.78. The van der Waals surface area contributed by atoms with Crippen LogP contribution >= 0.6 is 0 Å². The van der Waals surface area contributed by atoms with Gasteiger partial charge in [-0.05, 0) is 51.1 Å². The van der Waals surface area contributed by atoms with Crippen LogP contribution in [-0.2, 0) is 14.9 Å². The Hall–Kier alpha value is -3.34. The zero-order valence-electron chi connectivity index (χ0n) is 17.2. The van der Waals surface area contributed by atoms with Crippen molar-refractivity contribution in [3.05, 3.63) is 48.0 Å². The van der Waals surface area contributed by atoms with E-state index in [0.717, 1.165) is 12.1 Å². The molecule has 3 rings (SSSR count). The van der Waals surface area contributed by atoms with Crippen LogP contribution in [0.25, 0.3) is 22.2 Å². The molecule has 0 atom stereocenters. The van der Waals surface area contributed by atoms with Gasteiger partial charge in [0.05, 0.1) is 12.8 Å². The van der Waals surface area contributed by atoms with Crippen LogP contribution in [0.5, 0.6) is 5.75 Å². The SMILES string of the molecule is COc1ccc(-c2cc3cc(F)c(F)cc3[nH]2)cc1NS(=O)(=O)NC(=O)OC(C)(C)C. The molecule has 1 amide bonds. The predicted molar refractivity (Wildman–Crippen MR) is 112 cm³/mol. The molecule has 0 aliphatic heterocycles. The largest absolute Gasteiger partial charge is 0.495 e. The van der Waals surface area contributed by atoms with E-state index in [-0.39, 0.29) is 11.4 Å². The van der Waals surface area contributed by atoms with Gasteiger partial charge in [-0.1, -0.05) is 0 Å². The van der Waals surface area contributed by atoms with Crippen LogP contribution in [0.1, 0.15) is 20.8 Å². The fourth-order valence-electron chi connectivity index (χ4n) is 2.82. The molecular formula is C20H21F2N3O5S. The van der Waals surface area contributed by atoms with Crippen molar-refractivity contribution in [3.8, 4) is 17.0 Å². The van der Waals surface area contributed by atoms with Gasteiger partial charge in [0.1, 0.15) is 11.4 Å². The summed E-state index contributed by atoms with van der Waals surface area (Å²) in [4.78, 5) is 14.8. The molecule has 1 heterocycles. The van der Waals surface area contributed by atoms with Gasteiger partial charge in [-0.3, -0.25) is 4.72 Å². The van der Waals surface area contributed by atoms with Crippen LogP contribution in [-0.4, -0.2) is 32.2 Å². The van der Waals surface area contributed by atoms with Crippen molar-refractivity contribution < 1.29 is 31.5 Å². The van der Waals surface area contributed by atoms with E-state index in [1.54, 1.807) is 37.6 Å². The van der Waals surface area contributed by atoms with Gasteiger partial charge in [0.15, 0.2) is 11.6 Å².